The van der Waals surface area contributed by atoms with Crippen molar-refractivity contribution in [2.75, 3.05) is 0 Å². The van der Waals surface area contributed by atoms with Crippen LogP contribution < -0.4 is 0 Å². The third kappa shape index (κ3) is 13.0. The van der Waals surface area contributed by atoms with Crippen LogP contribution in [0.1, 0.15) is 220 Å². The minimum Gasteiger partial charge on any atom is -0.0625 e. The van der Waals surface area contributed by atoms with Crippen molar-refractivity contribution < 1.29 is 0 Å². The Morgan fingerprint density at radius 3 is 0.609 bits per heavy atom. The molecule has 6 rings (SSSR count). The van der Waals surface area contributed by atoms with Crippen molar-refractivity contribution in [3.8, 4) is 0 Å². The fourth-order valence-corrected chi connectivity index (χ4v) is 11.8. The Hall–Kier alpha value is 0. The summed E-state index contributed by atoms with van der Waals surface area (Å²) in [5.41, 5.74) is 0. The molecule has 46 heavy (non-hydrogen) atoms. The summed E-state index contributed by atoms with van der Waals surface area (Å²) in [5.74, 6) is 12.8. The topological polar surface area (TPSA) is 0 Å². The monoisotopic (exact) mass is 637 g/mol. The Kier molecular flexibility index (Phi) is 16.2. The van der Waals surface area contributed by atoms with E-state index in [-0.39, 0.29) is 0 Å². The lowest BCUT2D eigenvalue weighted by Gasteiger charge is -2.37. The minimum absolute atomic E-state index is 1.02. The van der Waals surface area contributed by atoms with Gasteiger partial charge in [0.2, 0.25) is 0 Å². The van der Waals surface area contributed by atoms with Gasteiger partial charge in [-0.1, -0.05) is 195 Å². The Morgan fingerprint density at radius 1 is 0.217 bits per heavy atom. The average molecular weight is 637 g/mol. The first-order valence-electron chi connectivity index (χ1n) is 22.4. The highest BCUT2D eigenvalue weighted by Gasteiger charge is 2.30. The minimum atomic E-state index is 1.02. The summed E-state index contributed by atoms with van der Waals surface area (Å²) in [7, 11) is 0. The lowest BCUT2D eigenvalue weighted by molar-refractivity contribution is 0.142. The predicted molar refractivity (Wildman–Crippen MR) is 203 cm³/mol. The van der Waals surface area contributed by atoms with Crippen LogP contribution in [0, 0.1) is 71.0 Å². The molecule has 0 spiro atoms. The van der Waals surface area contributed by atoms with Crippen LogP contribution in [0.25, 0.3) is 0 Å². The van der Waals surface area contributed by atoms with Crippen molar-refractivity contribution >= 4 is 0 Å². The van der Waals surface area contributed by atoms with Gasteiger partial charge in [0, 0.05) is 0 Å². The van der Waals surface area contributed by atoms with Gasteiger partial charge >= 0.3 is 0 Å². The molecule has 0 aliphatic heterocycles. The molecule has 0 heterocycles. The molecule has 0 atom stereocenters. The number of rotatable bonds is 10. The summed E-state index contributed by atoms with van der Waals surface area (Å²) in [6.45, 7) is 9.80. The molecule has 0 aromatic rings. The van der Waals surface area contributed by atoms with E-state index in [2.05, 4.69) is 27.7 Å². The molecule has 6 saturated carbocycles. The van der Waals surface area contributed by atoms with Gasteiger partial charge in [0.25, 0.3) is 0 Å². The van der Waals surface area contributed by atoms with Gasteiger partial charge in [0.15, 0.2) is 0 Å². The summed E-state index contributed by atoms with van der Waals surface area (Å²) >= 11 is 0. The second-order valence-electron chi connectivity index (χ2n) is 19.8. The van der Waals surface area contributed by atoms with Crippen molar-refractivity contribution in [2.24, 2.45) is 71.0 Å². The number of hydrogen-bond acceptors (Lipinski definition) is 0. The van der Waals surface area contributed by atoms with Gasteiger partial charge in [-0.25, -0.2) is 0 Å². The van der Waals surface area contributed by atoms with E-state index in [1.54, 1.807) is 103 Å². The third-order valence-electron chi connectivity index (χ3n) is 15.9. The van der Waals surface area contributed by atoms with Crippen LogP contribution in [-0.2, 0) is 0 Å². The van der Waals surface area contributed by atoms with Gasteiger partial charge in [-0.2, -0.15) is 0 Å². The molecule has 0 bridgehead atoms. The van der Waals surface area contributed by atoms with Crippen LogP contribution in [0.5, 0.6) is 0 Å². The molecule has 0 aromatic heterocycles. The van der Waals surface area contributed by atoms with Crippen LogP contribution >= 0.6 is 0 Å². The molecule has 0 amide bonds. The van der Waals surface area contributed by atoms with Crippen molar-refractivity contribution in [3.63, 3.8) is 0 Å². The van der Waals surface area contributed by atoms with Crippen molar-refractivity contribution in [1.29, 1.82) is 0 Å². The maximum Gasteiger partial charge on any atom is -0.0386 e. The number of hydrogen-bond donors (Lipinski definition) is 0. The SMILES string of the molecule is CC1CCC(CCC2CCC(C3CCC(C)CC3)CC2)CC1.CC1CCC(CCC2CCC(CCC3CCC(C)CC3)CC2)CC1. The summed E-state index contributed by atoms with van der Waals surface area (Å²) in [6.07, 6.45) is 46.3. The highest BCUT2D eigenvalue weighted by molar-refractivity contribution is 4.82. The first-order chi connectivity index (χ1) is 22.4. The lowest BCUT2D eigenvalue weighted by Crippen LogP contribution is -2.25. The zero-order valence-corrected chi connectivity index (χ0v) is 32.1. The van der Waals surface area contributed by atoms with Gasteiger partial charge in [0.1, 0.15) is 0 Å². The molecule has 0 nitrogen and oxygen atoms in total. The van der Waals surface area contributed by atoms with Gasteiger partial charge in [0.05, 0.1) is 0 Å². The van der Waals surface area contributed by atoms with Gasteiger partial charge < -0.3 is 0 Å². The zero-order chi connectivity index (χ0) is 32.1. The van der Waals surface area contributed by atoms with Gasteiger partial charge in [-0.05, 0) is 96.7 Å². The Labute approximate surface area is 290 Å². The van der Waals surface area contributed by atoms with E-state index in [1.807, 2.05) is 0 Å². The molecular weight excluding hydrogens is 553 g/mol. The van der Waals surface area contributed by atoms with E-state index < -0.39 is 0 Å². The van der Waals surface area contributed by atoms with Crippen molar-refractivity contribution in [1.82, 2.24) is 0 Å². The Bertz CT molecular complexity index is 716. The molecule has 0 aromatic carbocycles. The second-order valence-corrected chi connectivity index (χ2v) is 19.8. The highest BCUT2D eigenvalue weighted by Crippen LogP contribution is 2.43. The summed E-state index contributed by atoms with van der Waals surface area (Å²) < 4.78 is 0. The summed E-state index contributed by atoms with van der Waals surface area (Å²) in [5, 5.41) is 0. The van der Waals surface area contributed by atoms with Crippen LogP contribution in [0.3, 0.4) is 0 Å². The van der Waals surface area contributed by atoms with E-state index in [9.17, 15) is 0 Å². The molecule has 6 fully saturated rings. The Morgan fingerprint density at radius 2 is 0.370 bits per heavy atom. The van der Waals surface area contributed by atoms with Crippen LogP contribution in [0.2, 0.25) is 0 Å². The van der Waals surface area contributed by atoms with Gasteiger partial charge in [-0.15, -0.1) is 0 Å². The molecule has 0 unspecified atom stereocenters. The molecule has 6 aliphatic rings. The molecular formula is C46H84. The normalized spacial score (nSPS) is 42.5. The largest absolute Gasteiger partial charge is 0.0625 e. The maximum atomic E-state index is 2.46. The first kappa shape index (κ1) is 37.3. The fraction of sp³-hybridized carbons (Fsp3) is 1.00. The molecule has 0 N–H and O–H groups in total. The summed E-state index contributed by atoms with van der Waals surface area (Å²) in [6, 6.07) is 0. The van der Waals surface area contributed by atoms with E-state index in [1.165, 1.54) is 89.9 Å². The Balaban J connectivity index is 0.000000182. The molecule has 0 radical (unpaired) electrons. The van der Waals surface area contributed by atoms with E-state index in [0.29, 0.717) is 0 Å². The van der Waals surface area contributed by atoms with Gasteiger partial charge in [-0.3, -0.25) is 0 Å². The lowest BCUT2D eigenvalue weighted by atomic mass is 9.68. The average Bonchev–Trinajstić information content (AvgIpc) is 3.09. The van der Waals surface area contributed by atoms with Crippen molar-refractivity contribution in [3.05, 3.63) is 0 Å². The molecule has 0 saturated heterocycles. The van der Waals surface area contributed by atoms with E-state index in [0.717, 1.165) is 71.0 Å². The highest BCUT2D eigenvalue weighted by atomic mass is 14.4. The first-order valence-corrected chi connectivity index (χ1v) is 22.4. The summed E-state index contributed by atoms with van der Waals surface area (Å²) in [4.78, 5) is 0. The zero-order valence-electron chi connectivity index (χ0n) is 32.1. The molecule has 6 aliphatic carbocycles. The third-order valence-corrected chi connectivity index (χ3v) is 15.9. The molecule has 0 heteroatoms. The molecule has 268 valence electrons. The maximum absolute atomic E-state index is 2.46. The predicted octanol–water partition coefficient (Wildman–Crippen LogP) is 15.2. The smallest absolute Gasteiger partial charge is 0.0386 e. The van der Waals surface area contributed by atoms with Crippen molar-refractivity contribution in [2.45, 2.75) is 220 Å². The standard InChI is InChI=1S/C24H44.C22H40/c1-19-3-7-21(8-4-19)11-13-23-15-17-24(18-16-23)14-12-22-9-5-20(2)6-10-22;1-17-3-7-19(8-4-17)9-10-20-11-15-22(16-12-20)21-13-5-18(2)6-14-21/h19-24H,3-18H2,1-2H3;17-22H,3-16H2,1-2H3. The quantitative estimate of drug-likeness (QED) is 0.224. The van der Waals surface area contributed by atoms with E-state index >= 15 is 0 Å². The van der Waals surface area contributed by atoms with Crippen LogP contribution in [0.15, 0.2) is 0 Å². The van der Waals surface area contributed by atoms with Crippen LogP contribution in [-0.4, -0.2) is 0 Å². The fourth-order valence-electron chi connectivity index (χ4n) is 11.8. The second kappa shape index (κ2) is 20.0. The van der Waals surface area contributed by atoms with E-state index in [4.69, 9.17) is 0 Å². The van der Waals surface area contributed by atoms with Crippen LogP contribution in [0.4, 0.5) is 0 Å².